The Kier molecular flexibility index (Phi) is 2.96. The van der Waals surface area contributed by atoms with E-state index in [4.69, 9.17) is 0 Å². The van der Waals surface area contributed by atoms with Gasteiger partial charge in [-0.3, -0.25) is 14.6 Å². The molecule has 18 heavy (non-hydrogen) atoms. The summed E-state index contributed by atoms with van der Waals surface area (Å²) in [5, 5.41) is 0. The maximum absolute atomic E-state index is 12.7. The summed E-state index contributed by atoms with van der Waals surface area (Å²) in [7, 11) is 0. The van der Waals surface area contributed by atoms with Crippen LogP contribution in [0.5, 0.6) is 0 Å². The molecule has 0 radical (unpaired) electrons. The summed E-state index contributed by atoms with van der Waals surface area (Å²) in [4.78, 5) is 17.5. The molecule has 4 rings (SSSR count). The zero-order chi connectivity index (χ0) is 12.7. The van der Waals surface area contributed by atoms with Crippen molar-refractivity contribution in [1.82, 2.24) is 9.80 Å². The highest BCUT2D eigenvalue weighted by atomic mass is 16.1. The molecule has 3 heteroatoms. The van der Waals surface area contributed by atoms with Crippen LogP contribution in [-0.4, -0.2) is 54.3 Å². The number of ketones is 1. The number of hydrogen-bond acceptors (Lipinski definition) is 3. The Morgan fingerprint density at radius 2 is 1.89 bits per heavy atom. The molecule has 3 aliphatic rings. The van der Waals surface area contributed by atoms with Gasteiger partial charge in [0.15, 0.2) is 5.78 Å². The molecule has 0 amide bonds. The van der Waals surface area contributed by atoms with Crippen LogP contribution >= 0.6 is 0 Å². The molecule has 3 nitrogen and oxygen atoms in total. The van der Waals surface area contributed by atoms with Gasteiger partial charge in [0.1, 0.15) is 0 Å². The molecule has 1 unspecified atom stereocenters. The largest absolute Gasteiger partial charge is 0.299 e. The predicted molar refractivity (Wildman–Crippen MR) is 72.0 cm³/mol. The topological polar surface area (TPSA) is 23.6 Å². The lowest BCUT2D eigenvalue weighted by molar-refractivity contribution is 0.0159. The molecule has 0 saturated carbocycles. The lowest BCUT2D eigenvalue weighted by Gasteiger charge is -2.46. The van der Waals surface area contributed by atoms with Crippen LogP contribution < -0.4 is 0 Å². The molecule has 0 aromatic heterocycles. The molecular weight excluding hydrogens is 224 g/mol. The third kappa shape index (κ3) is 1.98. The van der Waals surface area contributed by atoms with Crippen molar-refractivity contribution in [2.45, 2.75) is 19.9 Å². The highest BCUT2D eigenvalue weighted by Gasteiger charge is 2.36. The third-order valence-corrected chi connectivity index (χ3v) is 4.24. The van der Waals surface area contributed by atoms with Gasteiger partial charge in [-0.2, -0.15) is 0 Å². The molecule has 3 saturated heterocycles. The molecule has 1 aromatic rings. The number of nitrogens with zero attached hydrogens (tertiary/aromatic N) is 2. The van der Waals surface area contributed by atoms with Crippen LogP contribution in [0.15, 0.2) is 18.2 Å². The molecule has 1 aromatic carbocycles. The summed E-state index contributed by atoms with van der Waals surface area (Å²) >= 11 is 0. The maximum atomic E-state index is 12.7. The summed E-state index contributed by atoms with van der Waals surface area (Å²) in [6.45, 7) is 9.32. The standard InChI is InChI=1S/C15H20N2O/c1-11-3-4-12(2)13(9-11)15(18)14-10-16-5-7-17(14)8-6-16/h3-4,9,14H,5-8,10H2,1-2H3. The number of hydrogen-bond donors (Lipinski definition) is 0. The van der Waals surface area contributed by atoms with E-state index < -0.39 is 0 Å². The molecule has 0 spiro atoms. The Bertz CT molecular complexity index is 475. The number of carbonyl (C=O) groups is 1. The molecule has 1 atom stereocenters. The summed E-state index contributed by atoms with van der Waals surface area (Å²) in [5.41, 5.74) is 3.18. The first-order chi connectivity index (χ1) is 8.65. The maximum Gasteiger partial charge on any atom is 0.181 e. The SMILES string of the molecule is Cc1ccc(C)c(C(=O)C2CN3CCN2CC3)c1. The molecule has 0 N–H and O–H groups in total. The van der Waals surface area contributed by atoms with Gasteiger partial charge in [0.05, 0.1) is 6.04 Å². The van der Waals surface area contributed by atoms with Crippen LogP contribution in [0.3, 0.4) is 0 Å². The molecule has 3 fully saturated rings. The van der Waals surface area contributed by atoms with E-state index in [0.717, 1.165) is 43.9 Å². The Hall–Kier alpha value is -1.19. The van der Waals surface area contributed by atoms with Crippen LogP contribution in [0.2, 0.25) is 0 Å². The van der Waals surface area contributed by atoms with Crippen molar-refractivity contribution in [3.05, 3.63) is 34.9 Å². The van der Waals surface area contributed by atoms with E-state index in [1.54, 1.807) is 0 Å². The van der Waals surface area contributed by atoms with Crippen molar-refractivity contribution < 1.29 is 4.79 Å². The van der Waals surface area contributed by atoms with E-state index in [0.29, 0.717) is 5.78 Å². The fraction of sp³-hybridized carbons (Fsp3) is 0.533. The molecular formula is C15H20N2O. The lowest BCUT2D eigenvalue weighted by atomic mass is 9.94. The van der Waals surface area contributed by atoms with Crippen LogP contribution in [0.1, 0.15) is 21.5 Å². The van der Waals surface area contributed by atoms with E-state index in [1.165, 1.54) is 5.56 Å². The zero-order valence-corrected chi connectivity index (χ0v) is 11.1. The van der Waals surface area contributed by atoms with Gasteiger partial charge in [-0.1, -0.05) is 17.7 Å². The predicted octanol–water partition coefficient (Wildman–Crippen LogP) is 1.49. The molecule has 2 bridgehead atoms. The number of piperazine rings is 3. The van der Waals surface area contributed by atoms with Crippen LogP contribution in [0.25, 0.3) is 0 Å². The second-order valence-electron chi connectivity index (χ2n) is 5.54. The van der Waals surface area contributed by atoms with Crippen molar-refractivity contribution in [2.24, 2.45) is 0 Å². The number of fused-ring (bicyclic) bond motifs is 3. The minimum absolute atomic E-state index is 0.0769. The van der Waals surface area contributed by atoms with E-state index in [1.807, 2.05) is 19.9 Å². The monoisotopic (exact) mass is 244 g/mol. The average molecular weight is 244 g/mol. The summed E-state index contributed by atoms with van der Waals surface area (Å²) < 4.78 is 0. The van der Waals surface area contributed by atoms with Gasteiger partial charge < -0.3 is 0 Å². The number of rotatable bonds is 2. The molecule has 3 heterocycles. The second kappa shape index (κ2) is 4.48. The van der Waals surface area contributed by atoms with Gasteiger partial charge >= 0.3 is 0 Å². The van der Waals surface area contributed by atoms with Crippen LogP contribution in [0.4, 0.5) is 0 Å². The number of aryl methyl sites for hydroxylation is 2. The zero-order valence-electron chi connectivity index (χ0n) is 11.1. The van der Waals surface area contributed by atoms with E-state index >= 15 is 0 Å². The summed E-state index contributed by atoms with van der Waals surface area (Å²) in [6, 6.07) is 6.24. The number of Topliss-reactive ketones (excluding diaryl/α,β-unsaturated/α-hetero) is 1. The van der Waals surface area contributed by atoms with Gasteiger partial charge in [0.25, 0.3) is 0 Å². The fourth-order valence-electron chi connectivity index (χ4n) is 3.05. The van der Waals surface area contributed by atoms with Crippen molar-refractivity contribution in [2.75, 3.05) is 32.7 Å². The first-order valence-electron chi connectivity index (χ1n) is 6.73. The highest BCUT2D eigenvalue weighted by Crippen LogP contribution is 2.21. The first-order valence-corrected chi connectivity index (χ1v) is 6.73. The van der Waals surface area contributed by atoms with E-state index in [9.17, 15) is 4.79 Å². The Balaban J connectivity index is 1.88. The van der Waals surface area contributed by atoms with Crippen molar-refractivity contribution in [3.8, 4) is 0 Å². The second-order valence-corrected chi connectivity index (χ2v) is 5.54. The summed E-state index contributed by atoms with van der Waals surface area (Å²) in [6.07, 6.45) is 0. The molecule has 96 valence electrons. The highest BCUT2D eigenvalue weighted by molar-refractivity contribution is 6.01. The van der Waals surface area contributed by atoms with Gasteiger partial charge in [-0.05, 0) is 25.5 Å². The normalized spacial score (nSPS) is 30.4. The molecule has 0 aliphatic carbocycles. The van der Waals surface area contributed by atoms with E-state index in [2.05, 4.69) is 21.9 Å². The quantitative estimate of drug-likeness (QED) is 0.736. The van der Waals surface area contributed by atoms with Crippen LogP contribution in [0, 0.1) is 13.8 Å². The van der Waals surface area contributed by atoms with Gasteiger partial charge in [0, 0.05) is 38.3 Å². The summed E-state index contributed by atoms with van der Waals surface area (Å²) in [5.74, 6) is 0.306. The van der Waals surface area contributed by atoms with Crippen molar-refractivity contribution in [3.63, 3.8) is 0 Å². The minimum atomic E-state index is 0.0769. The number of carbonyl (C=O) groups excluding carboxylic acids is 1. The number of benzene rings is 1. The average Bonchev–Trinajstić information content (AvgIpc) is 2.42. The Morgan fingerprint density at radius 3 is 2.50 bits per heavy atom. The Labute approximate surface area is 108 Å². The fourth-order valence-corrected chi connectivity index (χ4v) is 3.05. The minimum Gasteiger partial charge on any atom is -0.299 e. The Morgan fingerprint density at radius 1 is 1.17 bits per heavy atom. The van der Waals surface area contributed by atoms with Gasteiger partial charge in [0.2, 0.25) is 0 Å². The molecule has 3 aliphatic heterocycles. The smallest absolute Gasteiger partial charge is 0.181 e. The first kappa shape index (κ1) is 11.9. The van der Waals surface area contributed by atoms with Gasteiger partial charge in [-0.15, -0.1) is 0 Å². The lowest BCUT2D eigenvalue weighted by Crippen LogP contribution is -2.63. The van der Waals surface area contributed by atoms with Crippen LogP contribution in [-0.2, 0) is 0 Å². The third-order valence-electron chi connectivity index (χ3n) is 4.24. The van der Waals surface area contributed by atoms with Crippen molar-refractivity contribution in [1.29, 1.82) is 0 Å². The van der Waals surface area contributed by atoms with Crippen molar-refractivity contribution >= 4 is 5.78 Å². The van der Waals surface area contributed by atoms with E-state index in [-0.39, 0.29) is 6.04 Å². The van der Waals surface area contributed by atoms with Gasteiger partial charge in [-0.25, -0.2) is 0 Å².